The molecule has 1 heterocycles. The average molecular weight is 228 g/mol. The molecule has 0 aromatic rings. The maximum Gasteiger partial charge on any atom is 0.243 e. The molecule has 0 radical (unpaired) electrons. The Morgan fingerprint density at radius 1 is 1.38 bits per heavy atom. The van der Waals surface area contributed by atoms with Crippen molar-refractivity contribution in [3.8, 4) is 0 Å². The third kappa shape index (κ3) is 2.93. The first-order valence-corrected chi connectivity index (χ1v) is 5.11. The maximum absolute atomic E-state index is 11.6. The fraction of sp³-hybridized carbons (Fsp3) is 0.667. The molecule has 0 aromatic carbocycles. The van der Waals surface area contributed by atoms with Gasteiger partial charge in [-0.05, 0) is 12.8 Å². The van der Waals surface area contributed by atoms with E-state index in [1.54, 1.807) is 0 Å². The number of hydrogen-bond acceptors (Lipinski definition) is 4. The van der Waals surface area contributed by atoms with Crippen LogP contribution in [-0.4, -0.2) is 48.3 Å². The van der Waals surface area contributed by atoms with Crippen molar-refractivity contribution in [1.29, 1.82) is 0 Å². The van der Waals surface area contributed by atoms with Crippen molar-refractivity contribution >= 4 is 17.7 Å². The number of likely N-dealkylation sites (tertiary alicyclic amines) is 1. The van der Waals surface area contributed by atoms with Crippen molar-refractivity contribution in [1.82, 2.24) is 10.2 Å². The molecule has 1 aliphatic heterocycles. The zero-order chi connectivity index (χ0) is 12.1. The SMILES string of the molecule is NCC(=O)N1CCC[C@H]1C(=O)NCC(N)=O. The molecule has 1 atom stereocenters. The Labute approximate surface area is 93.1 Å². The van der Waals surface area contributed by atoms with Gasteiger partial charge >= 0.3 is 0 Å². The van der Waals surface area contributed by atoms with Crippen LogP contribution in [-0.2, 0) is 14.4 Å². The van der Waals surface area contributed by atoms with E-state index in [0.717, 1.165) is 6.42 Å². The van der Waals surface area contributed by atoms with Gasteiger partial charge in [-0.15, -0.1) is 0 Å². The molecule has 0 spiro atoms. The fourth-order valence-electron chi connectivity index (χ4n) is 1.75. The Bertz CT molecular complexity index is 305. The second-order valence-electron chi connectivity index (χ2n) is 3.63. The van der Waals surface area contributed by atoms with E-state index in [1.165, 1.54) is 4.90 Å². The normalized spacial score (nSPS) is 19.6. The largest absolute Gasteiger partial charge is 0.368 e. The standard InChI is InChI=1S/C9H16N4O3/c10-4-8(15)13-3-1-2-6(13)9(16)12-5-7(11)14/h6H,1-5,10H2,(H2,11,14)(H,12,16)/t6-/m0/s1. The highest BCUT2D eigenvalue weighted by molar-refractivity contribution is 5.91. The molecule has 5 N–H and O–H groups in total. The van der Waals surface area contributed by atoms with Crippen LogP contribution in [0.4, 0.5) is 0 Å². The molecule has 3 amide bonds. The van der Waals surface area contributed by atoms with Crippen LogP contribution in [0.25, 0.3) is 0 Å². The molecular weight excluding hydrogens is 212 g/mol. The van der Waals surface area contributed by atoms with E-state index in [4.69, 9.17) is 11.5 Å². The van der Waals surface area contributed by atoms with Crippen LogP contribution >= 0.6 is 0 Å². The summed E-state index contributed by atoms with van der Waals surface area (Å²) < 4.78 is 0. The van der Waals surface area contributed by atoms with Gasteiger partial charge in [0.15, 0.2) is 0 Å². The molecule has 1 saturated heterocycles. The fourth-order valence-corrected chi connectivity index (χ4v) is 1.75. The Balaban J connectivity index is 2.54. The molecule has 0 aliphatic carbocycles. The lowest BCUT2D eigenvalue weighted by atomic mass is 10.2. The highest BCUT2D eigenvalue weighted by atomic mass is 16.2. The lowest BCUT2D eigenvalue weighted by molar-refractivity contribution is -0.137. The zero-order valence-corrected chi connectivity index (χ0v) is 8.94. The summed E-state index contributed by atoms with van der Waals surface area (Å²) >= 11 is 0. The number of nitrogens with two attached hydrogens (primary N) is 2. The molecule has 90 valence electrons. The summed E-state index contributed by atoms with van der Waals surface area (Å²) in [4.78, 5) is 35.0. The minimum absolute atomic E-state index is 0.112. The number of primary amides is 1. The van der Waals surface area contributed by atoms with Crippen LogP contribution < -0.4 is 16.8 Å². The summed E-state index contributed by atoms with van der Waals surface area (Å²) in [7, 11) is 0. The summed E-state index contributed by atoms with van der Waals surface area (Å²) in [6.07, 6.45) is 1.36. The van der Waals surface area contributed by atoms with E-state index in [0.29, 0.717) is 13.0 Å². The second-order valence-corrected chi connectivity index (χ2v) is 3.63. The van der Waals surface area contributed by atoms with Crippen LogP contribution in [0.3, 0.4) is 0 Å². The topological polar surface area (TPSA) is 119 Å². The number of nitrogens with zero attached hydrogens (tertiary/aromatic N) is 1. The third-order valence-corrected chi connectivity index (χ3v) is 2.49. The number of rotatable bonds is 4. The summed E-state index contributed by atoms with van der Waals surface area (Å²) in [5.41, 5.74) is 10.1. The van der Waals surface area contributed by atoms with Crippen molar-refractivity contribution in [3.63, 3.8) is 0 Å². The predicted octanol–water partition coefficient (Wildman–Crippen LogP) is -2.46. The number of carbonyl (C=O) groups excluding carboxylic acids is 3. The van der Waals surface area contributed by atoms with Crippen molar-refractivity contribution in [2.24, 2.45) is 11.5 Å². The van der Waals surface area contributed by atoms with Gasteiger partial charge in [0.1, 0.15) is 6.04 Å². The minimum atomic E-state index is -0.608. The minimum Gasteiger partial charge on any atom is -0.368 e. The predicted molar refractivity (Wildman–Crippen MR) is 56.0 cm³/mol. The van der Waals surface area contributed by atoms with Gasteiger partial charge in [0, 0.05) is 6.54 Å². The third-order valence-electron chi connectivity index (χ3n) is 2.49. The Hall–Kier alpha value is -1.63. The van der Waals surface area contributed by atoms with E-state index >= 15 is 0 Å². The van der Waals surface area contributed by atoms with Gasteiger partial charge in [-0.1, -0.05) is 0 Å². The van der Waals surface area contributed by atoms with Gasteiger partial charge < -0.3 is 21.7 Å². The first-order valence-electron chi connectivity index (χ1n) is 5.11. The molecule has 1 aliphatic rings. The molecule has 0 saturated carbocycles. The van der Waals surface area contributed by atoms with E-state index in [-0.39, 0.29) is 24.9 Å². The van der Waals surface area contributed by atoms with Gasteiger partial charge in [-0.25, -0.2) is 0 Å². The Morgan fingerprint density at radius 3 is 2.62 bits per heavy atom. The molecule has 1 fully saturated rings. The smallest absolute Gasteiger partial charge is 0.243 e. The number of hydrogen-bond donors (Lipinski definition) is 3. The van der Waals surface area contributed by atoms with Gasteiger partial charge in [0.2, 0.25) is 17.7 Å². The quantitative estimate of drug-likeness (QED) is 0.494. The number of nitrogens with one attached hydrogen (secondary N) is 1. The summed E-state index contributed by atoms with van der Waals surface area (Å²) in [6, 6.07) is -0.518. The Kier molecular flexibility index (Phi) is 4.24. The lowest BCUT2D eigenvalue weighted by Crippen LogP contribution is -2.49. The first-order chi connectivity index (χ1) is 7.56. The number of carbonyl (C=O) groups is 3. The van der Waals surface area contributed by atoms with E-state index < -0.39 is 11.9 Å². The maximum atomic E-state index is 11.6. The highest BCUT2D eigenvalue weighted by Crippen LogP contribution is 2.16. The van der Waals surface area contributed by atoms with Gasteiger partial charge in [-0.2, -0.15) is 0 Å². The molecule has 1 rings (SSSR count). The van der Waals surface area contributed by atoms with Crippen molar-refractivity contribution in [2.75, 3.05) is 19.6 Å². The van der Waals surface area contributed by atoms with Gasteiger partial charge in [0.25, 0.3) is 0 Å². The average Bonchev–Trinajstić information content (AvgIpc) is 2.73. The molecule has 7 heteroatoms. The summed E-state index contributed by atoms with van der Waals surface area (Å²) in [6.45, 7) is 0.213. The van der Waals surface area contributed by atoms with Gasteiger partial charge in [0.05, 0.1) is 13.1 Å². The van der Waals surface area contributed by atoms with E-state index in [9.17, 15) is 14.4 Å². The second kappa shape index (κ2) is 5.45. The van der Waals surface area contributed by atoms with Gasteiger partial charge in [-0.3, -0.25) is 14.4 Å². The van der Waals surface area contributed by atoms with Crippen LogP contribution in [0.2, 0.25) is 0 Å². The highest BCUT2D eigenvalue weighted by Gasteiger charge is 2.33. The van der Waals surface area contributed by atoms with E-state index in [2.05, 4.69) is 5.32 Å². The van der Waals surface area contributed by atoms with Crippen LogP contribution in [0.15, 0.2) is 0 Å². The molecular formula is C9H16N4O3. The molecule has 7 nitrogen and oxygen atoms in total. The lowest BCUT2D eigenvalue weighted by Gasteiger charge is -2.23. The van der Waals surface area contributed by atoms with Crippen molar-refractivity contribution in [2.45, 2.75) is 18.9 Å². The summed E-state index contributed by atoms with van der Waals surface area (Å²) in [5, 5.41) is 2.38. The van der Waals surface area contributed by atoms with E-state index in [1.807, 2.05) is 0 Å². The summed E-state index contributed by atoms with van der Waals surface area (Å²) in [5.74, 6) is -1.21. The van der Waals surface area contributed by atoms with Crippen LogP contribution in [0.5, 0.6) is 0 Å². The monoisotopic (exact) mass is 228 g/mol. The zero-order valence-electron chi connectivity index (χ0n) is 8.94. The first kappa shape index (κ1) is 12.4. The molecule has 0 unspecified atom stereocenters. The Morgan fingerprint density at radius 2 is 2.06 bits per heavy atom. The van der Waals surface area contributed by atoms with Crippen molar-refractivity contribution in [3.05, 3.63) is 0 Å². The molecule has 0 aromatic heterocycles. The van der Waals surface area contributed by atoms with Crippen LogP contribution in [0, 0.1) is 0 Å². The van der Waals surface area contributed by atoms with Crippen molar-refractivity contribution < 1.29 is 14.4 Å². The molecule has 16 heavy (non-hydrogen) atoms. The van der Waals surface area contributed by atoms with Crippen LogP contribution in [0.1, 0.15) is 12.8 Å². The molecule has 0 bridgehead atoms. The number of amides is 3.